The summed E-state index contributed by atoms with van der Waals surface area (Å²) in [5.41, 5.74) is 9.60. The van der Waals surface area contributed by atoms with Gasteiger partial charge in [0.1, 0.15) is 11.0 Å². The molecule has 4 heterocycles. The number of hydrogen-bond acceptors (Lipinski definition) is 6. The fraction of sp³-hybridized carbons (Fsp3) is 0.531. The molecule has 1 aromatic heterocycles. The summed E-state index contributed by atoms with van der Waals surface area (Å²) >= 11 is 0. The Hall–Kier alpha value is -3.12. The minimum Gasteiger partial charge on any atom is -0.328 e. The van der Waals surface area contributed by atoms with Crippen LogP contribution in [0.4, 0.5) is 10.6 Å². The number of piperidine rings is 2. The smallest absolute Gasteiger partial charge is 0.328 e. The van der Waals surface area contributed by atoms with E-state index in [-0.39, 0.29) is 18.4 Å². The molecule has 0 aliphatic carbocycles. The second-order valence-electron chi connectivity index (χ2n) is 12.5. The van der Waals surface area contributed by atoms with Gasteiger partial charge in [-0.2, -0.15) is 5.10 Å². The number of aromatic nitrogens is 2. The number of nitrogens with two attached hydrogens (primary N) is 1. The molecule has 3 aliphatic heterocycles. The Morgan fingerprint density at radius 3 is 2.53 bits per heavy atom. The predicted octanol–water partition coefficient (Wildman–Crippen LogP) is 3.52. The van der Waals surface area contributed by atoms with Crippen LogP contribution >= 0.6 is 0 Å². The maximum atomic E-state index is 13.2. The van der Waals surface area contributed by atoms with E-state index in [9.17, 15) is 13.8 Å². The Morgan fingerprint density at radius 1 is 1.02 bits per heavy atom. The molecule has 0 bridgehead atoms. The zero-order chi connectivity index (χ0) is 30.1. The van der Waals surface area contributed by atoms with Crippen molar-refractivity contribution in [2.45, 2.75) is 62.3 Å². The summed E-state index contributed by atoms with van der Waals surface area (Å²) in [4.78, 5) is 29.0. The molecule has 6 rings (SSSR count). The summed E-state index contributed by atoms with van der Waals surface area (Å²) < 4.78 is 17.0. The first-order chi connectivity index (χ1) is 20.7. The van der Waals surface area contributed by atoms with Gasteiger partial charge in [0.15, 0.2) is 5.82 Å². The lowest BCUT2D eigenvalue weighted by molar-refractivity contribution is -0.120. The molecular weight excluding hydrogens is 562 g/mol. The van der Waals surface area contributed by atoms with Crippen molar-refractivity contribution in [3.05, 3.63) is 53.6 Å². The number of imide groups is 1. The van der Waals surface area contributed by atoms with Crippen molar-refractivity contribution in [1.82, 2.24) is 24.3 Å². The van der Waals surface area contributed by atoms with Gasteiger partial charge in [-0.1, -0.05) is 25.1 Å². The molecule has 3 N–H and O–H groups in total. The SMILES string of the molecule is CC(Cc1cccc(S(=O)N2CCC(N)CC2)c1)CN1CCC(c2ccc3c(N4CCC(=O)NC4=O)nn(C)c3c2)CC1. The summed E-state index contributed by atoms with van der Waals surface area (Å²) in [5.74, 6) is 1.35. The number of likely N-dealkylation sites (tertiary alicyclic amines) is 1. The van der Waals surface area contributed by atoms with Crippen molar-refractivity contribution in [2.75, 3.05) is 44.2 Å². The van der Waals surface area contributed by atoms with Crippen LogP contribution in [0.3, 0.4) is 0 Å². The predicted molar refractivity (Wildman–Crippen MR) is 169 cm³/mol. The zero-order valence-corrected chi connectivity index (χ0v) is 26.0. The first-order valence-electron chi connectivity index (χ1n) is 15.6. The lowest BCUT2D eigenvalue weighted by Gasteiger charge is -2.34. The van der Waals surface area contributed by atoms with Gasteiger partial charge in [0, 0.05) is 51.1 Å². The van der Waals surface area contributed by atoms with Crippen molar-refractivity contribution >= 4 is 39.6 Å². The van der Waals surface area contributed by atoms with Gasteiger partial charge in [-0.3, -0.25) is 19.7 Å². The van der Waals surface area contributed by atoms with Crippen LogP contribution in [0.1, 0.15) is 56.1 Å². The largest absolute Gasteiger partial charge is 0.329 e. The van der Waals surface area contributed by atoms with Gasteiger partial charge < -0.3 is 10.6 Å². The van der Waals surface area contributed by atoms with Crippen LogP contribution in [0.25, 0.3) is 10.9 Å². The first kappa shape index (κ1) is 29.9. The zero-order valence-electron chi connectivity index (χ0n) is 25.2. The van der Waals surface area contributed by atoms with E-state index in [1.165, 1.54) is 11.1 Å². The molecule has 3 fully saturated rings. The highest BCUT2D eigenvalue weighted by atomic mass is 32.2. The molecule has 2 unspecified atom stereocenters. The Morgan fingerprint density at radius 2 is 1.79 bits per heavy atom. The average molecular weight is 606 g/mol. The highest BCUT2D eigenvalue weighted by molar-refractivity contribution is 7.82. The lowest BCUT2D eigenvalue weighted by Crippen LogP contribution is -2.49. The van der Waals surface area contributed by atoms with Crippen LogP contribution in [0.15, 0.2) is 47.4 Å². The molecule has 3 saturated heterocycles. The molecule has 3 amide bonds. The number of urea groups is 1. The fourth-order valence-corrected chi connectivity index (χ4v) is 8.09. The maximum Gasteiger partial charge on any atom is 0.329 e. The summed E-state index contributed by atoms with van der Waals surface area (Å²) in [6.07, 6.45) is 5.27. The molecule has 2 aromatic carbocycles. The van der Waals surface area contributed by atoms with Crippen molar-refractivity contribution in [1.29, 1.82) is 0 Å². The topological polar surface area (TPSA) is 117 Å². The van der Waals surface area contributed by atoms with Crippen molar-refractivity contribution in [3.63, 3.8) is 0 Å². The second kappa shape index (κ2) is 12.9. The standard InChI is InChI=1S/C32H43N7O3S/c1-22(18-23-4-3-5-27(19-23)43(42)38-15-10-26(33)11-16-38)21-37-13-8-24(9-14-37)25-6-7-28-29(20-25)36(2)35-31(28)39-17-12-30(40)34-32(39)41/h3-7,19-20,22,24,26H,8-18,21,33H2,1-2H3,(H,34,40,41). The van der Waals surface area contributed by atoms with E-state index >= 15 is 0 Å². The number of amides is 3. The third-order valence-electron chi connectivity index (χ3n) is 9.21. The molecule has 0 radical (unpaired) electrons. The van der Waals surface area contributed by atoms with Crippen molar-refractivity contribution in [2.24, 2.45) is 18.7 Å². The molecule has 0 spiro atoms. The summed E-state index contributed by atoms with van der Waals surface area (Å²) in [5, 5.41) is 7.95. The number of carbonyl (C=O) groups is 2. The Balaban J connectivity index is 1.03. The average Bonchev–Trinajstić information content (AvgIpc) is 3.33. The van der Waals surface area contributed by atoms with E-state index in [0.29, 0.717) is 24.2 Å². The lowest BCUT2D eigenvalue weighted by atomic mass is 9.88. The third kappa shape index (κ3) is 6.69. The monoisotopic (exact) mass is 605 g/mol. The van der Waals surface area contributed by atoms with Crippen LogP contribution in [0.2, 0.25) is 0 Å². The van der Waals surface area contributed by atoms with Gasteiger partial charge >= 0.3 is 6.03 Å². The number of rotatable bonds is 8. The van der Waals surface area contributed by atoms with Crippen LogP contribution < -0.4 is 16.0 Å². The number of nitrogens with zero attached hydrogens (tertiary/aromatic N) is 5. The molecule has 43 heavy (non-hydrogen) atoms. The van der Waals surface area contributed by atoms with Crippen molar-refractivity contribution < 1.29 is 13.8 Å². The number of anilines is 1. The Bertz CT molecular complexity index is 1510. The molecule has 10 nitrogen and oxygen atoms in total. The number of aryl methyl sites for hydroxylation is 1. The van der Waals surface area contributed by atoms with E-state index in [1.807, 2.05) is 23.9 Å². The Labute approximate surface area is 256 Å². The van der Waals surface area contributed by atoms with E-state index in [2.05, 4.69) is 56.9 Å². The van der Waals surface area contributed by atoms with E-state index in [0.717, 1.165) is 80.6 Å². The molecular formula is C32H43N7O3S. The van der Waals surface area contributed by atoms with Gasteiger partial charge in [0.25, 0.3) is 0 Å². The van der Waals surface area contributed by atoms with E-state index in [1.54, 1.807) is 4.90 Å². The summed E-state index contributed by atoms with van der Waals surface area (Å²) in [6, 6.07) is 14.6. The summed E-state index contributed by atoms with van der Waals surface area (Å²) in [6.45, 7) is 7.42. The molecule has 0 saturated carbocycles. The second-order valence-corrected chi connectivity index (χ2v) is 14.0. The van der Waals surface area contributed by atoms with Crippen LogP contribution in [-0.2, 0) is 29.2 Å². The van der Waals surface area contributed by atoms with Gasteiger partial charge in [-0.15, -0.1) is 0 Å². The van der Waals surface area contributed by atoms with E-state index in [4.69, 9.17) is 5.73 Å². The van der Waals surface area contributed by atoms with Gasteiger partial charge in [-0.05, 0) is 92.4 Å². The number of fused-ring (bicyclic) bond motifs is 1. The highest BCUT2D eigenvalue weighted by Gasteiger charge is 2.29. The molecule has 11 heteroatoms. The molecule has 230 valence electrons. The van der Waals surface area contributed by atoms with Gasteiger partial charge in [-0.25, -0.2) is 13.3 Å². The van der Waals surface area contributed by atoms with Crippen molar-refractivity contribution in [3.8, 4) is 0 Å². The minimum absolute atomic E-state index is 0.230. The Kier molecular flexibility index (Phi) is 8.95. The fourth-order valence-electron chi connectivity index (χ4n) is 6.80. The minimum atomic E-state index is -1.12. The normalized spacial score (nSPS) is 21.3. The number of nitrogens with one attached hydrogen (secondary N) is 1. The van der Waals surface area contributed by atoms with Gasteiger partial charge in [0.05, 0.1) is 10.4 Å². The molecule has 2 atom stereocenters. The van der Waals surface area contributed by atoms with Crippen LogP contribution in [0.5, 0.6) is 0 Å². The van der Waals surface area contributed by atoms with Crippen LogP contribution in [0, 0.1) is 5.92 Å². The molecule has 3 aliphatic rings. The maximum absolute atomic E-state index is 13.2. The number of benzene rings is 2. The molecule has 3 aromatic rings. The summed E-state index contributed by atoms with van der Waals surface area (Å²) in [7, 11) is 0.784. The van der Waals surface area contributed by atoms with E-state index < -0.39 is 17.0 Å². The number of carbonyl (C=O) groups excluding carboxylic acids is 2. The van der Waals surface area contributed by atoms with Gasteiger partial charge in [0.2, 0.25) is 5.91 Å². The number of hydrogen-bond donors (Lipinski definition) is 2. The quantitative estimate of drug-likeness (QED) is 0.406. The first-order valence-corrected chi connectivity index (χ1v) is 16.7. The third-order valence-corrected chi connectivity index (χ3v) is 10.7. The van der Waals surface area contributed by atoms with Crippen LogP contribution in [-0.4, -0.2) is 80.4 Å². The highest BCUT2D eigenvalue weighted by Crippen LogP contribution is 2.34.